The van der Waals surface area contributed by atoms with Crippen molar-refractivity contribution < 1.29 is 26.7 Å². The van der Waals surface area contributed by atoms with Gasteiger partial charge in [0.2, 0.25) is 20.9 Å². The van der Waals surface area contributed by atoms with Crippen LogP contribution < -0.4 is 31.1 Å². The van der Waals surface area contributed by atoms with E-state index in [1.807, 2.05) is 6.07 Å². The number of rotatable bonds is 7. The number of anilines is 6. The van der Waals surface area contributed by atoms with E-state index in [0.29, 0.717) is 91.8 Å². The van der Waals surface area contributed by atoms with Crippen molar-refractivity contribution >= 4 is 83.7 Å². The van der Waals surface area contributed by atoms with Crippen LogP contribution in [0.3, 0.4) is 0 Å². The third kappa shape index (κ3) is 8.01. The van der Waals surface area contributed by atoms with Gasteiger partial charge in [-0.15, -0.1) is 0 Å². The van der Waals surface area contributed by atoms with Crippen molar-refractivity contribution in [2.45, 2.75) is 88.7 Å². The van der Waals surface area contributed by atoms with E-state index >= 15 is 0 Å². The summed E-state index contributed by atoms with van der Waals surface area (Å²) in [7, 11) is -0.347. The normalized spacial score (nSPS) is 22.1. The van der Waals surface area contributed by atoms with Crippen molar-refractivity contribution in [3.05, 3.63) is 71.8 Å². The Labute approximate surface area is 402 Å². The van der Waals surface area contributed by atoms with Gasteiger partial charge in [-0.3, -0.25) is 9.88 Å². The molecule has 7 heterocycles. The van der Waals surface area contributed by atoms with E-state index < -0.39 is 27.3 Å². The van der Waals surface area contributed by atoms with Crippen LogP contribution in [-0.4, -0.2) is 112 Å². The van der Waals surface area contributed by atoms with Gasteiger partial charge in [0.15, 0.2) is 5.65 Å². The van der Waals surface area contributed by atoms with Gasteiger partial charge < -0.3 is 35.9 Å². The van der Waals surface area contributed by atoms with Crippen LogP contribution in [0.4, 0.5) is 48.2 Å². The van der Waals surface area contributed by atoms with Gasteiger partial charge in [0.1, 0.15) is 40.0 Å². The second-order valence-electron chi connectivity index (χ2n) is 20.4. The van der Waals surface area contributed by atoms with E-state index in [-0.39, 0.29) is 29.5 Å². The molecule has 18 nitrogen and oxygen atoms in total. The zero-order chi connectivity index (χ0) is 49.1. The molecule has 5 aromatic heterocycles. The summed E-state index contributed by atoms with van der Waals surface area (Å²) in [6.45, 7) is 9.16. The number of H-pyrrole nitrogens is 1. The number of carbonyl (C=O) groups excluding carboxylic acids is 1. The second kappa shape index (κ2) is 16.6. The molecule has 2 aromatic carbocycles. The van der Waals surface area contributed by atoms with Crippen LogP contribution in [0.5, 0.6) is 0 Å². The molecule has 12 rings (SSSR count). The molecule has 5 N–H and O–H groups in total. The molecular formula is C49H54F2N14O4S. The summed E-state index contributed by atoms with van der Waals surface area (Å²) >= 11 is 0. The van der Waals surface area contributed by atoms with Crippen molar-refractivity contribution in [1.82, 2.24) is 39.9 Å². The molecule has 1 amide bonds. The fourth-order valence-electron chi connectivity index (χ4n) is 11.3. The SMILES string of the molecule is CNc1cc(F)cc2c1[nH]c1nc(Nc3cnc4nccnc4c3)nc(N3C[C@@H]4C[C@H]3C[C@@H]4N)c12.C[C@@H]1CC2CC1CN2c1nc(S(C)(=O)=O)nc2c1-c1cc(F)cc(N(C)C(=O)OC(C)(C)C)c1C2. The first-order valence-electron chi connectivity index (χ1n) is 23.5. The summed E-state index contributed by atoms with van der Waals surface area (Å²) in [4.78, 5) is 53.5. The highest BCUT2D eigenvalue weighted by Crippen LogP contribution is 2.51. The zero-order valence-corrected chi connectivity index (χ0v) is 40.7. The minimum Gasteiger partial charge on any atom is -0.443 e. The maximum absolute atomic E-state index is 14.9. The van der Waals surface area contributed by atoms with Crippen LogP contribution in [0, 0.1) is 29.4 Å². The number of fused-ring (bicyclic) bond motifs is 11. The van der Waals surface area contributed by atoms with Crippen molar-refractivity contribution in [2.75, 3.05) is 58.8 Å². The maximum atomic E-state index is 14.9. The van der Waals surface area contributed by atoms with E-state index in [4.69, 9.17) is 20.4 Å². The third-order valence-corrected chi connectivity index (χ3v) is 15.3. The monoisotopic (exact) mass is 972 g/mol. The van der Waals surface area contributed by atoms with Crippen molar-refractivity contribution in [3.63, 3.8) is 0 Å². The smallest absolute Gasteiger partial charge is 0.414 e. The molecule has 7 aromatic rings. The number of sulfone groups is 1. The quantitative estimate of drug-likeness (QED) is 0.113. The van der Waals surface area contributed by atoms with Crippen LogP contribution >= 0.6 is 0 Å². The number of benzene rings is 2. The van der Waals surface area contributed by atoms with Crippen molar-refractivity contribution in [3.8, 4) is 11.1 Å². The molecule has 21 heteroatoms. The van der Waals surface area contributed by atoms with Gasteiger partial charge in [0.25, 0.3) is 0 Å². The molecule has 70 heavy (non-hydrogen) atoms. The van der Waals surface area contributed by atoms with E-state index in [1.165, 1.54) is 23.1 Å². The lowest BCUT2D eigenvalue weighted by Crippen LogP contribution is -2.41. The van der Waals surface area contributed by atoms with Crippen LogP contribution in [0.1, 0.15) is 64.6 Å². The number of piperidine rings is 2. The van der Waals surface area contributed by atoms with Crippen molar-refractivity contribution in [1.29, 1.82) is 0 Å². The van der Waals surface area contributed by atoms with Crippen LogP contribution in [0.2, 0.25) is 0 Å². The standard InChI is InChI=1S/C25H31FN4O4S.C24H23FN10/c1-13-7-16-8-14(13)12-30(16)22-21-18-9-15(26)10-20(29(5)24(31)34-25(2,3)4)17(18)11-19(21)27-23(28-22)35(6,32)33;1-27-17-6-12(25)5-15-19-22(32-20(15)17)33-24(31-13-7-18-21(30-9-13)29-3-2-28-18)34-23(19)35-10-11-4-14(35)8-16(11)26/h9-10,13-14,16H,7-8,11-12H2,1-6H3;2-3,5-7,9,11,14,16,27H,4,8,10,26H2,1H3,(H2,31,32,33,34)/t13-,14?,16?;11-,14-,16-/m10/s1. The molecule has 5 aliphatic rings. The summed E-state index contributed by atoms with van der Waals surface area (Å²) < 4.78 is 59.9. The Morgan fingerprint density at radius 1 is 0.914 bits per heavy atom. The zero-order valence-electron chi connectivity index (χ0n) is 39.9. The summed E-state index contributed by atoms with van der Waals surface area (Å²) in [5.74, 6) is 2.49. The van der Waals surface area contributed by atoms with Crippen molar-refractivity contribution in [2.24, 2.45) is 23.5 Å². The Kier molecular flexibility index (Phi) is 10.8. The number of aromatic amines is 1. The Morgan fingerprint density at radius 2 is 1.64 bits per heavy atom. The van der Waals surface area contributed by atoms with Crippen LogP contribution in [-0.2, 0) is 21.0 Å². The number of carbonyl (C=O) groups is 1. The third-order valence-electron chi connectivity index (χ3n) is 14.5. The summed E-state index contributed by atoms with van der Waals surface area (Å²) in [6.07, 6.45) is 9.70. The summed E-state index contributed by atoms with van der Waals surface area (Å²) in [6, 6.07) is 8.40. The molecule has 0 spiro atoms. The van der Waals surface area contributed by atoms with E-state index in [2.05, 4.69) is 57.3 Å². The number of nitrogens with zero attached hydrogens (tertiary/aromatic N) is 10. The van der Waals surface area contributed by atoms with Crippen LogP contribution in [0.25, 0.3) is 44.2 Å². The molecule has 4 bridgehead atoms. The number of amides is 1. The fourth-order valence-corrected chi connectivity index (χ4v) is 11.8. The van der Waals surface area contributed by atoms with Gasteiger partial charge in [-0.25, -0.2) is 41.9 Å². The minimum atomic E-state index is -3.66. The maximum Gasteiger partial charge on any atom is 0.414 e. The Balaban J connectivity index is 0.000000152. The lowest BCUT2D eigenvalue weighted by Gasteiger charge is -2.32. The number of hydrogen-bond acceptors (Lipinski definition) is 16. The highest BCUT2D eigenvalue weighted by Gasteiger charge is 2.46. The Bertz CT molecular complexity index is 3400. The second-order valence-corrected chi connectivity index (χ2v) is 22.3. The first-order chi connectivity index (χ1) is 33.3. The number of halogens is 2. The fraction of sp³-hybridized carbons (Fsp3) is 0.429. The summed E-state index contributed by atoms with van der Waals surface area (Å²) in [5, 5.41) is 7.69. The molecule has 4 fully saturated rings. The molecule has 2 saturated carbocycles. The van der Waals surface area contributed by atoms with Gasteiger partial charge in [-0.2, -0.15) is 9.97 Å². The average molecular weight is 973 g/mol. The highest BCUT2D eigenvalue weighted by molar-refractivity contribution is 7.90. The largest absolute Gasteiger partial charge is 0.443 e. The number of aromatic nitrogens is 8. The minimum absolute atomic E-state index is 0.215. The average Bonchev–Trinajstić information content (AvgIpc) is 4.18. The predicted octanol–water partition coefficient (Wildman–Crippen LogP) is 7.50. The topological polar surface area (TPSA) is 226 Å². The molecule has 2 saturated heterocycles. The number of nitrogens with one attached hydrogen (secondary N) is 3. The number of ether oxygens (including phenoxy) is 1. The lowest BCUT2D eigenvalue weighted by molar-refractivity contribution is 0.0589. The first-order valence-corrected chi connectivity index (χ1v) is 25.4. The molecule has 3 aliphatic carbocycles. The van der Waals surface area contributed by atoms with E-state index in [0.717, 1.165) is 67.1 Å². The number of pyridine rings is 1. The number of nitrogens with two attached hydrogens (primary N) is 1. The van der Waals surface area contributed by atoms with Gasteiger partial charge in [0.05, 0.1) is 39.9 Å². The Morgan fingerprint density at radius 3 is 2.33 bits per heavy atom. The van der Waals surface area contributed by atoms with Gasteiger partial charge in [0, 0.05) is 81.3 Å². The lowest BCUT2D eigenvalue weighted by atomic mass is 9.96. The van der Waals surface area contributed by atoms with Gasteiger partial charge in [-0.05, 0) is 106 Å². The van der Waals surface area contributed by atoms with Gasteiger partial charge in [-0.1, -0.05) is 6.92 Å². The van der Waals surface area contributed by atoms with Gasteiger partial charge >= 0.3 is 6.09 Å². The molecule has 2 aliphatic heterocycles. The molecular weight excluding hydrogens is 919 g/mol. The van der Waals surface area contributed by atoms with Crippen LogP contribution in [0.15, 0.2) is 54.1 Å². The first kappa shape index (κ1) is 45.6. The molecule has 2 unspecified atom stereocenters. The Hall–Kier alpha value is -6.87. The number of hydrogen-bond donors (Lipinski definition) is 4. The molecule has 0 radical (unpaired) electrons. The van der Waals surface area contributed by atoms with E-state index in [9.17, 15) is 22.0 Å². The highest BCUT2D eigenvalue weighted by atomic mass is 32.2. The predicted molar refractivity (Wildman–Crippen MR) is 264 cm³/mol. The van der Waals surface area contributed by atoms with E-state index in [1.54, 1.807) is 59.5 Å². The molecule has 6 atom stereocenters. The summed E-state index contributed by atoms with van der Waals surface area (Å²) in [5.41, 5.74) is 12.5. The molecule has 364 valence electrons.